The van der Waals surface area contributed by atoms with Gasteiger partial charge in [0.25, 0.3) is 0 Å². The highest BCUT2D eigenvalue weighted by Crippen LogP contribution is 2.33. The van der Waals surface area contributed by atoms with Crippen molar-refractivity contribution in [2.45, 2.75) is 57.7 Å². The molecule has 0 radical (unpaired) electrons. The molecule has 0 saturated carbocycles. The largest absolute Gasteiger partial charge is 0.489 e. The van der Waals surface area contributed by atoms with E-state index in [2.05, 4.69) is 10.1 Å². The number of carbonyl (C=O) groups is 2. The van der Waals surface area contributed by atoms with Crippen LogP contribution in [0.3, 0.4) is 0 Å². The lowest BCUT2D eigenvalue weighted by molar-refractivity contribution is -0.137. The summed E-state index contributed by atoms with van der Waals surface area (Å²) in [6.45, 7) is 3.77. The van der Waals surface area contributed by atoms with E-state index in [1.54, 1.807) is 54.8 Å². The molecule has 14 heteroatoms. The fourth-order valence-electron chi connectivity index (χ4n) is 4.89. The molecule has 3 amide bonds. The molecule has 0 bridgehead atoms. The van der Waals surface area contributed by atoms with Crippen LogP contribution in [0, 0.1) is 0 Å². The topological polar surface area (TPSA) is 83.6 Å². The molecular weight excluding hydrogens is 579 g/mol. The minimum Gasteiger partial charge on any atom is -0.489 e. The van der Waals surface area contributed by atoms with Crippen molar-refractivity contribution in [1.82, 2.24) is 9.80 Å². The van der Waals surface area contributed by atoms with Crippen LogP contribution in [0.25, 0.3) is 0 Å². The maximum atomic E-state index is 12.9. The zero-order valence-electron chi connectivity index (χ0n) is 24.1. The van der Waals surface area contributed by atoms with E-state index in [4.69, 9.17) is 9.47 Å². The lowest BCUT2D eigenvalue weighted by Gasteiger charge is -2.35. The van der Waals surface area contributed by atoms with Crippen LogP contribution in [0.15, 0.2) is 48.5 Å². The van der Waals surface area contributed by atoms with Crippen LogP contribution < -0.4 is 15.0 Å². The predicted molar refractivity (Wildman–Crippen MR) is 148 cm³/mol. The molecule has 2 atom stereocenters. The quantitative estimate of drug-likeness (QED) is 0.382. The van der Waals surface area contributed by atoms with Gasteiger partial charge in [-0.25, -0.2) is 9.59 Å². The standard InChI is InChI=1S/C29H35F5N4O5/c1-28(2,3)43-27(40)37-14-12-36(13-15-37)26(39)35-20-6-8-21(9-7-20)38-17-24(16-22(38)18-41-25(30)31)42-23-10-4-19(5-11-23)29(32,33)34/h4-11,22,24-25H,12-18H2,1-3H3,(H,35,39)/t22-,24-/m0/s1. The Morgan fingerprint density at radius 3 is 2.09 bits per heavy atom. The van der Waals surface area contributed by atoms with Crippen molar-refractivity contribution in [1.29, 1.82) is 0 Å². The molecule has 2 fully saturated rings. The number of rotatable bonds is 7. The Balaban J connectivity index is 1.34. The minimum absolute atomic E-state index is 0.235. The van der Waals surface area contributed by atoms with Gasteiger partial charge in [0.1, 0.15) is 17.5 Å². The van der Waals surface area contributed by atoms with Crippen LogP contribution in [0.1, 0.15) is 32.8 Å². The lowest BCUT2D eigenvalue weighted by atomic mass is 10.2. The van der Waals surface area contributed by atoms with Crippen molar-refractivity contribution in [3.63, 3.8) is 0 Å². The number of amides is 3. The Kier molecular flexibility index (Phi) is 9.88. The molecule has 0 spiro atoms. The number of benzene rings is 2. The van der Waals surface area contributed by atoms with Crippen molar-refractivity contribution >= 4 is 23.5 Å². The zero-order chi connectivity index (χ0) is 31.4. The van der Waals surface area contributed by atoms with Gasteiger partial charge < -0.3 is 34.2 Å². The summed E-state index contributed by atoms with van der Waals surface area (Å²) in [5, 5.41) is 2.82. The first kappa shape index (κ1) is 32.1. The molecule has 2 heterocycles. The number of halogens is 5. The average molecular weight is 615 g/mol. The summed E-state index contributed by atoms with van der Waals surface area (Å²) < 4.78 is 80.1. The van der Waals surface area contributed by atoms with E-state index < -0.39 is 42.2 Å². The van der Waals surface area contributed by atoms with Gasteiger partial charge >= 0.3 is 24.9 Å². The highest BCUT2D eigenvalue weighted by Gasteiger charge is 2.35. The minimum atomic E-state index is -4.47. The predicted octanol–water partition coefficient (Wildman–Crippen LogP) is 6.06. The van der Waals surface area contributed by atoms with Gasteiger partial charge in [0.15, 0.2) is 0 Å². The molecule has 2 aliphatic heterocycles. The number of nitrogens with one attached hydrogen (secondary N) is 1. The number of nitrogens with zero attached hydrogens (tertiary/aromatic N) is 3. The first-order valence-electron chi connectivity index (χ1n) is 13.8. The first-order valence-corrected chi connectivity index (χ1v) is 13.8. The smallest absolute Gasteiger partial charge is 0.416 e. The maximum Gasteiger partial charge on any atom is 0.416 e. The number of piperazine rings is 1. The number of urea groups is 1. The highest BCUT2D eigenvalue weighted by atomic mass is 19.4. The number of anilines is 2. The Morgan fingerprint density at radius 2 is 1.53 bits per heavy atom. The summed E-state index contributed by atoms with van der Waals surface area (Å²) in [7, 11) is 0. The second-order valence-electron chi connectivity index (χ2n) is 11.3. The summed E-state index contributed by atoms with van der Waals surface area (Å²) in [5.41, 5.74) is -0.222. The van der Waals surface area contributed by atoms with Crippen LogP contribution >= 0.6 is 0 Å². The Hall–Kier alpha value is -3.81. The van der Waals surface area contributed by atoms with Gasteiger partial charge in [-0.3, -0.25) is 0 Å². The summed E-state index contributed by atoms with van der Waals surface area (Å²) in [6, 6.07) is 10.3. The van der Waals surface area contributed by atoms with Gasteiger partial charge in [0.2, 0.25) is 0 Å². The van der Waals surface area contributed by atoms with Crippen LogP contribution in [-0.4, -0.2) is 85.6 Å². The monoisotopic (exact) mass is 614 g/mol. The number of hydrogen-bond acceptors (Lipinski definition) is 6. The van der Waals surface area contributed by atoms with Crippen molar-refractivity contribution in [3.8, 4) is 5.75 Å². The average Bonchev–Trinajstić information content (AvgIpc) is 3.33. The first-order chi connectivity index (χ1) is 20.2. The van der Waals surface area contributed by atoms with E-state index >= 15 is 0 Å². The Bertz CT molecular complexity index is 1230. The summed E-state index contributed by atoms with van der Waals surface area (Å²) in [6.07, 6.45) is -5.07. The fraction of sp³-hybridized carbons (Fsp3) is 0.517. The molecule has 2 aliphatic rings. The number of alkyl halides is 5. The second kappa shape index (κ2) is 13.2. The molecule has 0 unspecified atom stereocenters. The summed E-state index contributed by atoms with van der Waals surface area (Å²) in [5.74, 6) is 0.235. The Labute approximate surface area is 246 Å². The maximum absolute atomic E-state index is 12.9. The van der Waals surface area contributed by atoms with Gasteiger partial charge in [-0.2, -0.15) is 22.0 Å². The van der Waals surface area contributed by atoms with E-state index in [0.717, 1.165) is 12.1 Å². The van der Waals surface area contributed by atoms with Crippen LogP contribution in [0.4, 0.5) is 42.9 Å². The summed E-state index contributed by atoms with van der Waals surface area (Å²) >= 11 is 0. The lowest BCUT2D eigenvalue weighted by Crippen LogP contribution is -2.52. The van der Waals surface area contributed by atoms with E-state index in [0.29, 0.717) is 44.0 Å². The Morgan fingerprint density at radius 1 is 0.930 bits per heavy atom. The van der Waals surface area contributed by atoms with E-state index in [-0.39, 0.29) is 24.9 Å². The fourth-order valence-corrected chi connectivity index (χ4v) is 4.89. The third-order valence-electron chi connectivity index (χ3n) is 6.94. The van der Waals surface area contributed by atoms with Crippen molar-refractivity contribution in [2.24, 2.45) is 0 Å². The SMILES string of the molecule is CC(C)(C)OC(=O)N1CCN(C(=O)Nc2ccc(N3C[C@@H](Oc4ccc(C(F)(F)F)cc4)C[C@H]3COC(F)F)cc2)CC1. The van der Waals surface area contributed by atoms with E-state index in [1.807, 2.05) is 4.90 Å². The van der Waals surface area contributed by atoms with Crippen molar-refractivity contribution in [3.05, 3.63) is 54.1 Å². The van der Waals surface area contributed by atoms with Crippen molar-refractivity contribution < 1.29 is 45.8 Å². The molecule has 0 aromatic heterocycles. The van der Waals surface area contributed by atoms with Crippen LogP contribution in [0.2, 0.25) is 0 Å². The molecule has 2 saturated heterocycles. The third-order valence-corrected chi connectivity index (χ3v) is 6.94. The molecule has 236 valence electrons. The number of ether oxygens (including phenoxy) is 3. The van der Waals surface area contributed by atoms with Crippen LogP contribution in [-0.2, 0) is 15.7 Å². The number of hydrogen-bond donors (Lipinski definition) is 1. The van der Waals surface area contributed by atoms with Gasteiger partial charge in [0, 0.05) is 44.0 Å². The van der Waals surface area contributed by atoms with E-state index in [9.17, 15) is 31.5 Å². The zero-order valence-corrected chi connectivity index (χ0v) is 24.1. The van der Waals surface area contributed by atoms with Crippen molar-refractivity contribution in [2.75, 3.05) is 49.5 Å². The third kappa shape index (κ3) is 9.09. The second-order valence-corrected chi connectivity index (χ2v) is 11.3. The highest BCUT2D eigenvalue weighted by molar-refractivity contribution is 5.89. The molecule has 9 nitrogen and oxygen atoms in total. The molecule has 43 heavy (non-hydrogen) atoms. The van der Waals surface area contributed by atoms with E-state index in [1.165, 1.54) is 12.1 Å². The molecule has 4 rings (SSSR count). The summed E-state index contributed by atoms with van der Waals surface area (Å²) in [4.78, 5) is 30.1. The van der Waals surface area contributed by atoms with Gasteiger partial charge in [-0.05, 0) is 69.3 Å². The molecule has 2 aromatic carbocycles. The number of carbonyl (C=O) groups excluding carboxylic acids is 2. The normalized spacial score (nSPS) is 19.5. The van der Waals surface area contributed by atoms with Crippen LogP contribution in [0.5, 0.6) is 5.75 Å². The van der Waals surface area contributed by atoms with Gasteiger partial charge in [-0.15, -0.1) is 0 Å². The molecule has 1 N–H and O–H groups in total. The molecule has 0 aliphatic carbocycles. The van der Waals surface area contributed by atoms with Gasteiger partial charge in [0.05, 0.1) is 24.8 Å². The van der Waals surface area contributed by atoms with Gasteiger partial charge in [-0.1, -0.05) is 0 Å². The molecular formula is C29H35F5N4O5. The molecule has 2 aromatic rings.